The number of alkyl halides is 1. The summed E-state index contributed by atoms with van der Waals surface area (Å²) in [5, 5.41) is 0. The molecule has 2 rings (SSSR count). The zero-order valence-corrected chi connectivity index (χ0v) is 17.1. The lowest BCUT2D eigenvalue weighted by Crippen LogP contribution is -2.43. The molecule has 0 radical (unpaired) electrons. The summed E-state index contributed by atoms with van der Waals surface area (Å²) < 4.78 is 17.9. The van der Waals surface area contributed by atoms with Crippen molar-refractivity contribution >= 4 is 32.8 Å². The largest absolute Gasteiger partial charge is 0.492 e. The first kappa shape index (κ1) is 20.1. The molecule has 2 aliphatic heterocycles. The van der Waals surface area contributed by atoms with Crippen molar-refractivity contribution < 1.29 is 7.81 Å². The zero-order valence-electron chi connectivity index (χ0n) is 14.2. The molecule has 2 aliphatic rings. The molecular formula is C18H28ClIN2O2. The third kappa shape index (κ3) is 5.93. The predicted octanol–water partition coefficient (Wildman–Crippen LogP) is 4.42. The molecule has 2 fully saturated rings. The number of likely N-dealkylation sites (tertiary alicyclic amines) is 2. The van der Waals surface area contributed by atoms with Crippen molar-refractivity contribution in [2.24, 2.45) is 0 Å². The van der Waals surface area contributed by atoms with Gasteiger partial charge in [-0.3, -0.25) is 7.97 Å². The van der Waals surface area contributed by atoms with E-state index < -0.39 is 21.2 Å². The van der Waals surface area contributed by atoms with Crippen LogP contribution in [0.2, 0.25) is 0 Å². The van der Waals surface area contributed by atoms with Crippen LogP contribution in [0.5, 0.6) is 0 Å². The van der Waals surface area contributed by atoms with Crippen LogP contribution in [0, 0.1) is 0 Å². The molecule has 0 aliphatic carbocycles. The standard InChI is InChI=1S/C18H28ClIN2O2/c1-2-14-24-17(9-3-4-10-19)18(20-23)22-13-7-8-16(22)15-21-11-5-6-12-21/h2,4,9-10,16,18H,1,3,5-8,11-15H2/b10-4+,17-9-/t16-,18?/m0/s1. The lowest BCUT2D eigenvalue weighted by molar-refractivity contribution is 0.151. The maximum atomic E-state index is 12.1. The van der Waals surface area contributed by atoms with Gasteiger partial charge in [-0.2, -0.15) is 0 Å². The third-order valence-electron chi connectivity index (χ3n) is 4.61. The summed E-state index contributed by atoms with van der Waals surface area (Å²) in [6.07, 6.45) is 11.3. The quantitative estimate of drug-likeness (QED) is 0.157. The first-order valence-corrected chi connectivity index (χ1v) is 11.3. The van der Waals surface area contributed by atoms with E-state index in [0.29, 0.717) is 19.1 Å². The Morgan fingerprint density at radius 2 is 2.12 bits per heavy atom. The van der Waals surface area contributed by atoms with Crippen LogP contribution in [-0.4, -0.2) is 52.7 Å². The first-order chi connectivity index (χ1) is 11.8. The van der Waals surface area contributed by atoms with Crippen molar-refractivity contribution in [1.29, 1.82) is 0 Å². The Labute approximate surface area is 161 Å². The maximum absolute atomic E-state index is 12.1. The molecule has 136 valence electrons. The number of halogens is 2. The highest BCUT2D eigenvalue weighted by atomic mass is 127. The van der Waals surface area contributed by atoms with Crippen LogP contribution in [-0.2, 0) is 7.81 Å². The molecule has 4 nitrogen and oxygen atoms in total. The van der Waals surface area contributed by atoms with Gasteiger partial charge in [0.25, 0.3) is 0 Å². The van der Waals surface area contributed by atoms with Gasteiger partial charge >= 0.3 is 0 Å². The monoisotopic (exact) mass is 466 g/mol. The number of rotatable bonds is 10. The molecular weight excluding hydrogens is 439 g/mol. The van der Waals surface area contributed by atoms with E-state index in [1.54, 1.807) is 6.08 Å². The molecule has 1 unspecified atom stereocenters. The molecule has 0 saturated carbocycles. The normalized spacial score (nSPS) is 24.7. The fraction of sp³-hybridized carbons (Fsp3) is 0.667. The molecule has 0 bridgehead atoms. The van der Waals surface area contributed by atoms with E-state index in [2.05, 4.69) is 16.4 Å². The van der Waals surface area contributed by atoms with Crippen molar-refractivity contribution in [1.82, 2.24) is 9.80 Å². The van der Waals surface area contributed by atoms with E-state index >= 15 is 0 Å². The van der Waals surface area contributed by atoms with Crippen LogP contribution in [0.1, 0.15) is 32.1 Å². The molecule has 2 saturated heterocycles. The van der Waals surface area contributed by atoms with Crippen molar-refractivity contribution in [2.45, 2.75) is 42.2 Å². The highest BCUT2D eigenvalue weighted by Crippen LogP contribution is 2.31. The van der Waals surface area contributed by atoms with E-state index in [9.17, 15) is 3.07 Å². The van der Waals surface area contributed by atoms with Gasteiger partial charge in [0.15, 0.2) is 25.2 Å². The molecule has 0 amide bonds. The Balaban J connectivity index is 2.07. The van der Waals surface area contributed by atoms with Crippen LogP contribution >= 0.6 is 32.8 Å². The van der Waals surface area contributed by atoms with Gasteiger partial charge in [-0.1, -0.05) is 30.3 Å². The van der Waals surface area contributed by atoms with Gasteiger partial charge in [-0.15, -0.1) is 0 Å². The minimum absolute atomic E-state index is 0.0809. The lowest BCUT2D eigenvalue weighted by atomic mass is 10.2. The summed E-state index contributed by atoms with van der Waals surface area (Å²) in [4.78, 5) is 4.96. The number of allylic oxidation sites excluding steroid dienone is 2. The molecule has 0 N–H and O–H groups in total. The average Bonchev–Trinajstić information content (AvgIpc) is 3.26. The maximum Gasteiger partial charge on any atom is 0.172 e. The summed E-state index contributed by atoms with van der Waals surface area (Å²) in [6, 6.07) is 0.487. The Kier molecular flexibility index (Phi) is 9.53. The number of nitrogens with zero attached hydrogens (tertiary/aromatic N) is 2. The minimum atomic E-state index is -1.23. The smallest absolute Gasteiger partial charge is 0.172 e. The number of hydrogen-bond donors (Lipinski definition) is 0. The number of hydrogen-bond acceptors (Lipinski definition) is 4. The molecule has 0 spiro atoms. The van der Waals surface area contributed by atoms with E-state index in [-0.39, 0.29) is 4.05 Å². The SMILES string of the molecule is C=CCO/C(=C\C/C=C/Cl)C(I=O)N1CCC[C@H]1CN1CCCC1. The van der Waals surface area contributed by atoms with Gasteiger partial charge in [0.1, 0.15) is 12.4 Å². The van der Waals surface area contributed by atoms with Gasteiger partial charge in [0, 0.05) is 24.7 Å². The van der Waals surface area contributed by atoms with Gasteiger partial charge < -0.3 is 9.64 Å². The van der Waals surface area contributed by atoms with Crippen molar-refractivity contribution in [2.75, 3.05) is 32.8 Å². The van der Waals surface area contributed by atoms with Crippen LogP contribution in [0.25, 0.3) is 0 Å². The summed E-state index contributed by atoms with van der Waals surface area (Å²) in [5.74, 6) is 0.820. The van der Waals surface area contributed by atoms with Gasteiger partial charge in [0.05, 0.1) is 0 Å². The zero-order chi connectivity index (χ0) is 17.2. The van der Waals surface area contributed by atoms with Crippen molar-refractivity contribution in [3.8, 4) is 0 Å². The van der Waals surface area contributed by atoms with Crippen LogP contribution in [0.4, 0.5) is 0 Å². The van der Waals surface area contributed by atoms with Crippen LogP contribution in [0.3, 0.4) is 0 Å². The fourth-order valence-electron chi connectivity index (χ4n) is 3.49. The Morgan fingerprint density at radius 3 is 2.79 bits per heavy atom. The van der Waals surface area contributed by atoms with Crippen molar-refractivity contribution in [3.63, 3.8) is 0 Å². The highest BCUT2D eigenvalue weighted by molar-refractivity contribution is 14.1. The molecule has 2 atom stereocenters. The van der Waals surface area contributed by atoms with Gasteiger partial charge in [0.2, 0.25) is 0 Å². The topological polar surface area (TPSA) is 32.8 Å². The summed E-state index contributed by atoms with van der Waals surface area (Å²) in [7, 11) is 0. The second-order valence-corrected chi connectivity index (χ2v) is 8.21. The Morgan fingerprint density at radius 1 is 1.33 bits per heavy atom. The predicted molar refractivity (Wildman–Crippen MR) is 108 cm³/mol. The van der Waals surface area contributed by atoms with E-state index in [0.717, 1.165) is 18.8 Å². The van der Waals surface area contributed by atoms with Gasteiger partial charge in [-0.25, -0.2) is 0 Å². The lowest BCUT2D eigenvalue weighted by Gasteiger charge is -2.32. The van der Waals surface area contributed by atoms with E-state index in [1.807, 2.05) is 12.2 Å². The first-order valence-electron chi connectivity index (χ1n) is 8.73. The summed E-state index contributed by atoms with van der Waals surface area (Å²) in [6.45, 7) is 8.68. The Hall–Kier alpha value is -0.240. The second-order valence-electron chi connectivity index (χ2n) is 6.27. The van der Waals surface area contributed by atoms with Crippen molar-refractivity contribution in [3.05, 3.63) is 36.1 Å². The van der Waals surface area contributed by atoms with E-state index in [4.69, 9.17) is 16.3 Å². The highest BCUT2D eigenvalue weighted by Gasteiger charge is 2.35. The van der Waals surface area contributed by atoms with Gasteiger partial charge in [-0.05, 0) is 51.3 Å². The molecule has 24 heavy (non-hydrogen) atoms. The summed E-state index contributed by atoms with van der Waals surface area (Å²) >= 11 is 4.39. The molecule has 2 heterocycles. The molecule has 0 aromatic carbocycles. The average molecular weight is 467 g/mol. The molecule has 6 heteroatoms. The minimum Gasteiger partial charge on any atom is -0.492 e. The van der Waals surface area contributed by atoms with E-state index in [1.165, 1.54) is 44.3 Å². The molecule has 0 aromatic heterocycles. The third-order valence-corrected chi connectivity index (χ3v) is 6.60. The Bertz CT molecular complexity index is 464. The fourth-order valence-corrected chi connectivity index (χ4v) is 5.30. The van der Waals surface area contributed by atoms with Crippen LogP contribution in [0.15, 0.2) is 36.1 Å². The van der Waals surface area contributed by atoms with Crippen LogP contribution < -0.4 is 0 Å². The molecule has 0 aromatic rings. The summed E-state index contributed by atoms with van der Waals surface area (Å²) in [5.41, 5.74) is 1.51. The number of ether oxygens (including phenoxy) is 1. The second kappa shape index (κ2) is 11.4.